The zero-order chi connectivity index (χ0) is 18.6. The first-order valence-electron chi connectivity index (χ1n) is 9.38. The van der Waals surface area contributed by atoms with Crippen molar-refractivity contribution in [3.05, 3.63) is 23.9 Å². The summed E-state index contributed by atoms with van der Waals surface area (Å²) >= 11 is 0. The highest BCUT2D eigenvalue weighted by Gasteiger charge is 2.43. The molecular formula is C19H25F3N2O2. The SMILES string of the molecule is O=C(NCc1cccnc1OC1CCCC1)[C@@H]1CCC[C@H](C(F)(F)F)C1. The van der Waals surface area contributed by atoms with Gasteiger partial charge in [-0.15, -0.1) is 0 Å². The molecule has 2 saturated carbocycles. The molecule has 1 heterocycles. The molecule has 26 heavy (non-hydrogen) atoms. The minimum atomic E-state index is -4.22. The van der Waals surface area contributed by atoms with E-state index in [4.69, 9.17) is 4.74 Å². The van der Waals surface area contributed by atoms with Gasteiger partial charge in [0.2, 0.25) is 11.8 Å². The van der Waals surface area contributed by atoms with E-state index in [2.05, 4.69) is 10.3 Å². The van der Waals surface area contributed by atoms with E-state index >= 15 is 0 Å². The average Bonchev–Trinajstić information content (AvgIpc) is 3.13. The van der Waals surface area contributed by atoms with Crippen LogP contribution in [0.15, 0.2) is 18.3 Å². The Morgan fingerprint density at radius 1 is 1.19 bits per heavy atom. The fourth-order valence-electron chi connectivity index (χ4n) is 3.88. The predicted molar refractivity (Wildman–Crippen MR) is 90.5 cm³/mol. The van der Waals surface area contributed by atoms with Gasteiger partial charge in [-0.05, 0) is 51.0 Å². The minimum absolute atomic E-state index is 0.117. The molecule has 0 aromatic carbocycles. The number of pyridine rings is 1. The first kappa shape index (κ1) is 19.0. The summed E-state index contributed by atoms with van der Waals surface area (Å²) in [4.78, 5) is 16.6. The Kier molecular flexibility index (Phi) is 6.04. The van der Waals surface area contributed by atoms with Crippen molar-refractivity contribution in [1.29, 1.82) is 0 Å². The van der Waals surface area contributed by atoms with Crippen molar-refractivity contribution in [3.63, 3.8) is 0 Å². The van der Waals surface area contributed by atoms with Gasteiger partial charge >= 0.3 is 6.18 Å². The van der Waals surface area contributed by atoms with Crippen molar-refractivity contribution in [2.75, 3.05) is 0 Å². The molecule has 0 saturated heterocycles. The number of carbonyl (C=O) groups excluding carboxylic acids is 1. The van der Waals surface area contributed by atoms with Crippen LogP contribution in [-0.4, -0.2) is 23.2 Å². The van der Waals surface area contributed by atoms with Gasteiger partial charge in [-0.1, -0.05) is 12.5 Å². The zero-order valence-electron chi connectivity index (χ0n) is 14.7. The molecule has 7 heteroatoms. The Hall–Kier alpha value is -1.79. The van der Waals surface area contributed by atoms with Crippen LogP contribution in [0, 0.1) is 11.8 Å². The molecule has 0 bridgehead atoms. The van der Waals surface area contributed by atoms with Crippen LogP contribution in [0.3, 0.4) is 0 Å². The number of rotatable bonds is 5. The number of carbonyl (C=O) groups is 1. The van der Waals surface area contributed by atoms with E-state index < -0.39 is 18.0 Å². The Morgan fingerprint density at radius 3 is 2.69 bits per heavy atom. The van der Waals surface area contributed by atoms with Gasteiger partial charge in [-0.3, -0.25) is 4.79 Å². The molecule has 1 aromatic heterocycles. The van der Waals surface area contributed by atoms with Crippen LogP contribution in [0.2, 0.25) is 0 Å². The minimum Gasteiger partial charge on any atom is -0.474 e. The molecule has 1 N–H and O–H groups in total. The smallest absolute Gasteiger partial charge is 0.391 e. The summed E-state index contributed by atoms with van der Waals surface area (Å²) in [6.45, 7) is 0.224. The normalized spacial score (nSPS) is 24.4. The monoisotopic (exact) mass is 370 g/mol. The van der Waals surface area contributed by atoms with Gasteiger partial charge in [-0.25, -0.2) is 4.98 Å². The Balaban J connectivity index is 1.56. The summed E-state index contributed by atoms with van der Waals surface area (Å²) in [5.74, 6) is -1.75. The van der Waals surface area contributed by atoms with Crippen LogP contribution in [0.4, 0.5) is 13.2 Å². The fraction of sp³-hybridized carbons (Fsp3) is 0.684. The maximum atomic E-state index is 12.9. The lowest BCUT2D eigenvalue weighted by atomic mass is 9.80. The zero-order valence-corrected chi connectivity index (χ0v) is 14.7. The molecule has 3 rings (SSSR count). The number of ether oxygens (including phenoxy) is 1. The van der Waals surface area contributed by atoms with Crippen molar-refractivity contribution in [3.8, 4) is 5.88 Å². The first-order chi connectivity index (χ1) is 12.4. The summed E-state index contributed by atoms with van der Waals surface area (Å²) in [5, 5.41) is 2.78. The molecule has 1 aromatic rings. The largest absolute Gasteiger partial charge is 0.474 e. The topological polar surface area (TPSA) is 51.2 Å². The highest BCUT2D eigenvalue weighted by molar-refractivity contribution is 5.78. The number of hydrogen-bond acceptors (Lipinski definition) is 3. The van der Waals surface area contributed by atoms with Crippen molar-refractivity contribution < 1.29 is 22.7 Å². The lowest BCUT2D eigenvalue weighted by Gasteiger charge is -2.29. The van der Waals surface area contributed by atoms with Crippen LogP contribution < -0.4 is 10.1 Å². The van der Waals surface area contributed by atoms with Crippen molar-refractivity contribution in [1.82, 2.24) is 10.3 Å². The van der Waals surface area contributed by atoms with Crippen LogP contribution in [0.1, 0.15) is 56.9 Å². The standard InChI is InChI=1S/C19H25F3N2O2/c20-19(21,22)15-7-3-5-13(11-15)17(25)24-12-14-6-4-10-23-18(14)26-16-8-1-2-9-16/h4,6,10,13,15-16H,1-3,5,7-9,11-12H2,(H,24,25)/t13-,15+/m1/s1. The van der Waals surface area contributed by atoms with Crippen LogP contribution in [0.5, 0.6) is 5.88 Å². The summed E-state index contributed by atoms with van der Waals surface area (Å²) in [7, 11) is 0. The Bertz CT molecular complexity index is 615. The van der Waals surface area contributed by atoms with Crippen LogP contribution >= 0.6 is 0 Å². The Labute approximate surface area is 151 Å². The number of nitrogens with one attached hydrogen (secondary N) is 1. The van der Waals surface area contributed by atoms with E-state index in [0.29, 0.717) is 18.7 Å². The van der Waals surface area contributed by atoms with Crippen LogP contribution in [0.25, 0.3) is 0 Å². The summed E-state index contributed by atoms with van der Waals surface area (Å²) in [6, 6.07) is 3.60. The van der Waals surface area contributed by atoms with Crippen LogP contribution in [-0.2, 0) is 11.3 Å². The third-order valence-electron chi connectivity index (χ3n) is 5.39. The fourth-order valence-corrected chi connectivity index (χ4v) is 3.88. The second-order valence-corrected chi connectivity index (χ2v) is 7.31. The number of amides is 1. The number of alkyl halides is 3. The van der Waals surface area contributed by atoms with Gasteiger partial charge in [0.05, 0.1) is 5.92 Å². The molecular weight excluding hydrogens is 345 g/mol. The first-order valence-corrected chi connectivity index (χ1v) is 9.38. The second-order valence-electron chi connectivity index (χ2n) is 7.31. The molecule has 2 aliphatic carbocycles. The number of halogens is 3. The number of hydrogen-bond donors (Lipinski definition) is 1. The lowest BCUT2D eigenvalue weighted by molar-refractivity contribution is -0.186. The summed E-state index contributed by atoms with van der Waals surface area (Å²) in [5.41, 5.74) is 0.760. The van der Waals surface area contributed by atoms with E-state index in [1.165, 1.54) is 0 Å². The Morgan fingerprint density at radius 2 is 1.96 bits per heavy atom. The van der Waals surface area contributed by atoms with E-state index in [9.17, 15) is 18.0 Å². The lowest BCUT2D eigenvalue weighted by Crippen LogP contribution is -2.37. The van der Waals surface area contributed by atoms with E-state index in [-0.39, 0.29) is 31.4 Å². The molecule has 0 radical (unpaired) electrons. The van der Waals surface area contributed by atoms with Crippen molar-refractivity contribution in [2.45, 2.75) is 70.2 Å². The molecule has 0 spiro atoms. The third kappa shape index (κ3) is 4.89. The van der Waals surface area contributed by atoms with Gasteiger partial charge in [-0.2, -0.15) is 13.2 Å². The summed E-state index contributed by atoms with van der Waals surface area (Å²) in [6.07, 6.45) is 2.83. The molecule has 0 aliphatic heterocycles. The summed E-state index contributed by atoms with van der Waals surface area (Å²) < 4.78 is 44.7. The van der Waals surface area contributed by atoms with Gasteiger partial charge in [0.1, 0.15) is 6.10 Å². The van der Waals surface area contributed by atoms with Gasteiger partial charge in [0.25, 0.3) is 0 Å². The van der Waals surface area contributed by atoms with Gasteiger partial charge < -0.3 is 10.1 Å². The van der Waals surface area contributed by atoms with Gasteiger partial charge in [0, 0.05) is 24.2 Å². The molecule has 0 unspecified atom stereocenters. The highest BCUT2D eigenvalue weighted by atomic mass is 19.4. The average molecular weight is 370 g/mol. The van der Waals surface area contributed by atoms with E-state index in [0.717, 1.165) is 31.2 Å². The maximum absolute atomic E-state index is 12.9. The molecule has 1 amide bonds. The molecule has 2 fully saturated rings. The van der Waals surface area contributed by atoms with Crippen molar-refractivity contribution in [2.24, 2.45) is 11.8 Å². The number of nitrogens with zero attached hydrogens (tertiary/aromatic N) is 1. The molecule has 2 aliphatic rings. The molecule has 2 atom stereocenters. The predicted octanol–water partition coefficient (Wildman–Crippen LogP) is 4.39. The number of aromatic nitrogens is 1. The molecule has 4 nitrogen and oxygen atoms in total. The van der Waals surface area contributed by atoms with E-state index in [1.807, 2.05) is 6.07 Å². The third-order valence-corrected chi connectivity index (χ3v) is 5.39. The van der Waals surface area contributed by atoms with Crippen molar-refractivity contribution >= 4 is 5.91 Å². The highest BCUT2D eigenvalue weighted by Crippen LogP contribution is 2.40. The molecule has 144 valence electrons. The van der Waals surface area contributed by atoms with Gasteiger partial charge in [0.15, 0.2) is 0 Å². The second kappa shape index (κ2) is 8.27. The maximum Gasteiger partial charge on any atom is 0.391 e. The van der Waals surface area contributed by atoms with E-state index in [1.54, 1.807) is 12.3 Å². The quantitative estimate of drug-likeness (QED) is 0.836.